The highest BCUT2D eigenvalue weighted by molar-refractivity contribution is 5.68. The van der Waals surface area contributed by atoms with Crippen molar-refractivity contribution in [2.75, 3.05) is 31.1 Å². The Morgan fingerprint density at radius 1 is 1.19 bits per heavy atom. The van der Waals surface area contributed by atoms with E-state index in [2.05, 4.69) is 4.98 Å². The molecule has 2 fully saturated rings. The Balaban J connectivity index is 1.55. The minimum absolute atomic E-state index is 0.0500. The highest BCUT2D eigenvalue weighted by Crippen LogP contribution is 2.43. The van der Waals surface area contributed by atoms with Gasteiger partial charge >= 0.3 is 12.3 Å². The van der Waals surface area contributed by atoms with Gasteiger partial charge in [0.2, 0.25) is 0 Å². The highest BCUT2D eigenvalue weighted by atomic mass is 19.4. The molecule has 3 rings (SSSR count). The number of amides is 1. The average Bonchev–Trinajstić information content (AvgIpc) is 2.50. The van der Waals surface area contributed by atoms with E-state index in [-0.39, 0.29) is 11.5 Å². The lowest BCUT2D eigenvalue weighted by molar-refractivity contribution is -0.137. The first-order valence-electron chi connectivity index (χ1n) is 8.74. The summed E-state index contributed by atoms with van der Waals surface area (Å²) >= 11 is 0. The molecule has 0 aromatic carbocycles. The molecular formula is C18H24F3N3O2. The van der Waals surface area contributed by atoms with Gasteiger partial charge in [-0.2, -0.15) is 13.2 Å². The number of pyridine rings is 1. The molecule has 0 radical (unpaired) electrons. The normalized spacial score (nSPS) is 20.1. The minimum Gasteiger partial charge on any atom is -0.444 e. The zero-order chi connectivity index (χ0) is 19.2. The summed E-state index contributed by atoms with van der Waals surface area (Å²) in [6.45, 7) is 8.07. The lowest BCUT2D eigenvalue weighted by Gasteiger charge is -2.54. The van der Waals surface area contributed by atoms with Gasteiger partial charge in [0.25, 0.3) is 0 Å². The molecular weight excluding hydrogens is 347 g/mol. The number of hydrogen-bond acceptors (Lipinski definition) is 4. The first kappa shape index (κ1) is 18.8. The molecule has 0 bridgehead atoms. The first-order chi connectivity index (χ1) is 12.0. The number of carbonyl (C=O) groups excluding carboxylic acids is 1. The van der Waals surface area contributed by atoms with Gasteiger partial charge in [0, 0.05) is 37.8 Å². The van der Waals surface area contributed by atoms with Gasteiger partial charge in [0.05, 0.1) is 5.56 Å². The monoisotopic (exact) mass is 371 g/mol. The van der Waals surface area contributed by atoms with Crippen LogP contribution in [-0.2, 0) is 10.9 Å². The van der Waals surface area contributed by atoms with Crippen LogP contribution < -0.4 is 4.90 Å². The lowest BCUT2D eigenvalue weighted by atomic mass is 9.72. The number of rotatable bonds is 1. The van der Waals surface area contributed by atoms with Crippen LogP contribution in [0.25, 0.3) is 0 Å². The third-order valence-electron chi connectivity index (χ3n) is 4.93. The number of hydrogen-bond donors (Lipinski definition) is 0. The molecule has 2 aliphatic rings. The van der Waals surface area contributed by atoms with E-state index in [1.807, 2.05) is 25.7 Å². The maximum atomic E-state index is 12.8. The van der Waals surface area contributed by atoms with Crippen molar-refractivity contribution in [3.05, 3.63) is 23.9 Å². The molecule has 0 aliphatic carbocycles. The number of aromatic nitrogens is 1. The van der Waals surface area contributed by atoms with E-state index in [0.29, 0.717) is 32.0 Å². The molecule has 8 heteroatoms. The van der Waals surface area contributed by atoms with Crippen LogP contribution in [-0.4, -0.2) is 47.8 Å². The van der Waals surface area contributed by atoms with Crippen LogP contribution in [0.3, 0.4) is 0 Å². The zero-order valence-electron chi connectivity index (χ0n) is 15.3. The number of carbonyl (C=O) groups is 1. The second-order valence-electron chi connectivity index (χ2n) is 8.22. The Labute approximate surface area is 151 Å². The van der Waals surface area contributed by atoms with Gasteiger partial charge in [-0.25, -0.2) is 9.78 Å². The summed E-state index contributed by atoms with van der Waals surface area (Å²) in [5.41, 5.74) is -1.15. The fourth-order valence-corrected chi connectivity index (χ4v) is 3.50. The number of halogens is 3. The zero-order valence-corrected chi connectivity index (χ0v) is 15.3. The number of alkyl halides is 3. The van der Waals surface area contributed by atoms with Crippen molar-refractivity contribution >= 4 is 11.9 Å². The Hall–Kier alpha value is -1.99. The topological polar surface area (TPSA) is 45.7 Å². The van der Waals surface area contributed by atoms with Crippen LogP contribution in [0, 0.1) is 5.41 Å². The number of likely N-dealkylation sites (tertiary alicyclic amines) is 1. The molecule has 1 amide bonds. The van der Waals surface area contributed by atoms with Crippen molar-refractivity contribution in [3.63, 3.8) is 0 Å². The van der Waals surface area contributed by atoms with Crippen molar-refractivity contribution in [1.29, 1.82) is 0 Å². The number of piperidine rings is 1. The first-order valence-corrected chi connectivity index (χ1v) is 8.74. The second kappa shape index (κ2) is 6.32. The van der Waals surface area contributed by atoms with E-state index >= 15 is 0 Å². The van der Waals surface area contributed by atoms with Gasteiger partial charge in [-0.3, -0.25) is 0 Å². The third kappa shape index (κ3) is 4.04. The molecule has 2 aliphatic heterocycles. The molecule has 26 heavy (non-hydrogen) atoms. The van der Waals surface area contributed by atoms with Gasteiger partial charge in [-0.15, -0.1) is 0 Å². The van der Waals surface area contributed by atoms with E-state index in [1.54, 1.807) is 4.90 Å². The van der Waals surface area contributed by atoms with E-state index in [4.69, 9.17) is 4.74 Å². The summed E-state index contributed by atoms with van der Waals surface area (Å²) in [4.78, 5) is 19.8. The number of ether oxygens (including phenoxy) is 1. The largest absolute Gasteiger partial charge is 0.444 e. The molecule has 3 heterocycles. The van der Waals surface area contributed by atoms with Crippen LogP contribution in [0.15, 0.2) is 18.3 Å². The van der Waals surface area contributed by atoms with Gasteiger partial charge in [0.15, 0.2) is 0 Å². The molecule has 1 spiro atoms. The quantitative estimate of drug-likeness (QED) is 0.750. The molecule has 0 saturated carbocycles. The predicted octanol–water partition coefficient (Wildman–Crippen LogP) is 3.94. The molecule has 1 aromatic heterocycles. The van der Waals surface area contributed by atoms with Gasteiger partial charge in [-0.05, 0) is 45.7 Å². The molecule has 144 valence electrons. The van der Waals surface area contributed by atoms with Crippen molar-refractivity contribution in [3.8, 4) is 0 Å². The molecule has 0 unspecified atom stereocenters. The lowest BCUT2D eigenvalue weighted by Crippen LogP contribution is -2.61. The average molecular weight is 371 g/mol. The number of nitrogens with zero attached hydrogens (tertiary/aromatic N) is 3. The second-order valence-corrected chi connectivity index (χ2v) is 8.22. The Kier molecular flexibility index (Phi) is 4.56. The molecule has 0 N–H and O–H groups in total. The van der Waals surface area contributed by atoms with Crippen LogP contribution in [0.2, 0.25) is 0 Å². The van der Waals surface area contributed by atoms with Crippen LogP contribution in [0.5, 0.6) is 0 Å². The molecule has 5 nitrogen and oxygen atoms in total. The summed E-state index contributed by atoms with van der Waals surface area (Å²) in [5.74, 6) is 0.361. The summed E-state index contributed by atoms with van der Waals surface area (Å²) in [6, 6.07) is 2.08. The van der Waals surface area contributed by atoms with Crippen molar-refractivity contribution in [2.24, 2.45) is 5.41 Å². The Morgan fingerprint density at radius 3 is 2.35 bits per heavy atom. The minimum atomic E-state index is -4.36. The Bertz CT molecular complexity index is 669. The summed E-state index contributed by atoms with van der Waals surface area (Å²) in [5, 5.41) is 0. The van der Waals surface area contributed by atoms with Crippen molar-refractivity contribution < 1.29 is 22.7 Å². The van der Waals surface area contributed by atoms with Crippen LogP contribution in [0.1, 0.15) is 39.2 Å². The van der Waals surface area contributed by atoms with Gasteiger partial charge < -0.3 is 14.5 Å². The van der Waals surface area contributed by atoms with Gasteiger partial charge in [0.1, 0.15) is 11.4 Å². The van der Waals surface area contributed by atoms with Gasteiger partial charge in [-0.1, -0.05) is 0 Å². The van der Waals surface area contributed by atoms with Crippen molar-refractivity contribution in [2.45, 2.75) is 45.4 Å². The third-order valence-corrected chi connectivity index (χ3v) is 4.93. The summed E-state index contributed by atoms with van der Waals surface area (Å²) in [6.07, 6.45) is -1.82. The van der Waals surface area contributed by atoms with Crippen molar-refractivity contribution in [1.82, 2.24) is 9.88 Å². The molecule has 0 atom stereocenters. The predicted molar refractivity (Wildman–Crippen MR) is 90.9 cm³/mol. The Morgan fingerprint density at radius 2 is 1.81 bits per heavy atom. The summed E-state index contributed by atoms with van der Waals surface area (Å²) < 4.78 is 43.9. The van der Waals surface area contributed by atoms with E-state index in [1.165, 1.54) is 6.20 Å². The molecule has 1 aromatic rings. The fourth-order valence-electron chi connectivity index (χ4n) is 3.50. The van der Waals surface area contributed by atoms with Crippen LogP contribution in [0.4, 0.5) is 23.8 Å². The van der Waals surface area contributed by atoms with E-state index in [0.717, 1.165) is 25.0 Å². The van der Waals surface area contributed by atoms with E-state index < -0.39 is 17.3 Å². The SMILES string of the molecule is CC(C)(C)OC(=O)N1CCC2(CC1)CN(c1cc(C(F)(F)F)ccn1)C2. The maximum Gasteiger partial charge on any atom is 0.416 e. The van der Waals surface area contributed by atoms with E-state index in [9.17, 15) is 18.0 Å². The smallest absolute Gasteiger partial charge is 0.416 e. The highest BCUT2D eigenvalue weighted by Gasteiger charge is 2.46. The summed E-state index contributed by atoms with van der Waals surface area (Å²) in [7, 11) is 0. The fraction of sp³-hybridized carbons (Fsp3) is 0.667. The molecule has 2 saturated heterocycles. The van der Waals surface area contributed by atoms with Crippen LogP contribution >= 0.6 is 0 Å². The maximum absolute atomic E-state index is 12.8. The number of anilines is 1. The standard InChI is InChI=1S/C18H24F3N3O2/c1-16(2,3)26-15(25)23-8-5-17(6-9-23)11-24(12-17)14-10-13(4-7-22-14)18(19,20)21/h4,7,10H,5-6,8-9,11-12H2,1-3H3.